The second-order valence-corrected chi connectivity index (χ2v) is 7.20. The van der Waals surface area contributed by atoms with Crippen molar-refractivity contribution in [3.8, 4) is 0 Å². The van der Waals surface area contributed by atoms with Gasteiger partial charge in [-0.1, -0.05) is 23.2 Å². The van der Waals surface area contributed by atoms with Crippen LogP contribution in [-0.4, -0.2) is 20.7 Å². The quantitative estimate of drug-likeness (QED) is 0.567. The lowest BCUT2D eigenvalue weighted by molar-refractivity contribution is -0.137. The van der Waals surface area contributed by atoms with Crippen molar-refractivity contribution >= 4 is 40.1 Å². The predicted molar refractivity (Wildman–Crippen MR) is 100 cm³/mol. The van der Waals surface area contributed by atoms with Crippen LogP contribution in [0.15, 0.2) is 30.5 Å². The monoisotopic (exact) mass is 431 g/mol. The minimum Gasteiger partial charge on any atom is -0.478 e. The van der Waals surface area contributed by atoms with E-state index in [1.165, 1.54) is 29.8 Å². The van der Waals surface area contributed by atoms with E-state index in [0.29, 0.717) is 10.9 Å². The molecule has 0 aliphatic carbocycles. The van der Waals surface area contributed by atoms with Gasteiger partial charge in [-0.2, -0.15) is 13.2 Å². The summed E-state index contributed by atoms with van der Waals surface area (Å²) in [6, 6.07) is 4.51. The summed E-state index contributed by atoms with van der Waals surface area (Å²) in [5.41, 5.74) is -0.214. The fourth-order valence-electron chi connectivity index (χ4n) is 3.28. The topological polar surface area (TPSA) is 62.5 Å². The van der Waals surface area contributed by atoms with Gasteiger partial charge in [0, 0.05) is 40.3 Å². The smallest absolute Gasteiger partial charge is 0.416 e. The van der Waals surface area contributed by atoms with Crippen molar-refractivity contribution < 1.29 is 28.2 Å². The first-order valence-electron chi connectivity index (χ1n) is 7.99. The predicted octanol–water partition coefficient (Wildman–Crippen LogP) is 5.59. The van der Waals surface area contributed by atoms with Gasteiger partial charge in [-0.05, 0) is 36.8 Å². The van der Waals surface area contributed by atoms with E-state index in [1.807, 2.05) is 0 Å². The van der Waals surface area contributed by atoms with Crippen molar-refractivity contribution in [1.82, 2.24) is 4.57 Å². The van der Waals surface area contributed by atoms with E-state index in [1.54, 1.807) is 7.05 Å². The Labute approximate surface area is 167 Å². The number of rotatable bonds is 3. The van der Waals surface area contributed by atoms with E-state index in [0.717, 1.165) is 12.1 Å². The van der Waals surface area contributed by atoms with Crippen LogP contribution in [-0.2, 0) is 13.2 Å². The standard InChI is InChI=1S/C19H14Cl2F3NO3/c1-8-5-9(19(22,23)24)6-13-14(8)11(7-25(13)2)17(26)15-12(20)4-3-10(16(15)21)18(27)28/h3-7,17,26H,1-2H3,(H,27,28). The van der Waals surface area contributed by atoms with Gasteiger partial charge in [-0.3, -0.25) is 0 Å². The van der Waals surface area contributed by atoms with Gasteiger partial charge in [0.15, 0.2) is 0 Å². The minimum absolute atomic E-state index is 0.0185. The molecule has 3 aromatic rings. The summed E-state index contributed by atoms with van der Waals surface area (Å²) in [6.45, 7) is 1.50. The first kappa shape index (κ1) is 20.5. The fourth-order valence-corrected chi connectivity index (χ4v) is 3.93. The molecule has 0 amide bonds. The molecule has 0 saturated carbocycles. The van der Waals surface area contributed by atoms with Crippen LogP contribution >= 0.6 is 23.2 Å². The number of fused-ring (bicyclic) bond motifs is 1. The summed E-state index contributed by atoms with van der Waals surface area (Å²) >= 11 is 12.3. The molecule has 0 bridgehead atoms. The zero-order chi connectivity index (χ0) is 21.0. The maximum absolute atomic E-state index is 13.1. The average Bonchev–Trinajstić information content (AvgIpc) is 2.91. The summed E-state index contributed by atoms with van der Waals surface area (Å²) in [6.07, 6.45) is -4.47. The third kappa shape index (κ3) is 3.34. The Morgan fingerprint density at radius 2 is 1.86 bits per heavy atom. The highest BCUT2D eigenvalue weighted by Gasteiger charge is 2.32. The summed E-state index contributed by atoms with van der Waals surface area (Å²) in [5.74, 6) is -1.29. The van der Waals surface area contributed by atoms with Gasteiger partial charge in [0.25, 0.3) is 0 Å². The molecule has 1 unspecified atom stereocenters. The maximum atomic E-state index is 13.1. The van der Waals surface area contributed by atoms with E-state index in [9.17, 15) is 28.2 Å². The molecular weight excluding hydrogens is 418 g/mol. The molecule has 1 heterocycles. The normalized spacial score (nSPS) is 13.1. The van der Waals surface area contributed by atoms with E-state index in [2.05, 4.69) is 0 Å². The summed E-state index contributed by atoms with van der Waals surface area (Å²) in [5, 5.41) is 20.4. The number of aliphatic hydroxyl groups is 1. The summed E-state index contributed by atoms with van der Waals surface area (Å²) in [4.78, 5) is 11.3. The molecule has 1 aromatic heterocycles. The Bertz CT molecular complexity index is 1110. The number of carbonyl (C=O) groups is 1. The SMILES string of the molecule is Cc1cc(C(F)(F)F)cc2c1c(C(O)c1c(Cl)ccc(C(=O)O)c1Cl)cn2C. The Hall–Kier alpha value is -2.22. The number of hydrogen-bond acceptors (Lipinski definition) is 2. The number of carboxylic acids is 1. The number of aliphatic hydroxyl groups excluding tert-OH is 1. The molecule has 0 saturated heterocycles. The first-order valence-corrected chi connectivity index (χ1v) is 8.75. The van der Waals surface area contributed by atoms with Gasteiger partial charge in [-0.25, -0.2) is 4.79 Å². The van der Waals surface area contributed by atoms with Crippen LogP contribution in [0.4, 0.5) is 13.2 Å². The second kappa shape index (κ2) is 6.99. The number of carboxylic acid groups (broad SMARTS) is 1. The average molecular weight is 432 g/mol. The minimum atomic E-state index is -4.51. The molecule has 9 heteroatoms. The molecule has 3 rings (SSSR count). The molecule has 0 radical (unpaired) electrons. The van der Waals surface area contributed by atoms with Gasteiger partial charge >= 0.3 is 12.1 Å². The highest BCUT2D eigenvalue weighted by atomic mass is 35.5. The number of benzene rings is 2. The number of aryl methyl sites for hydroxylation is 2. The van der Waals surface area contributed by atoms with Gasteiger partial charge < -0.3 is 14.8 Å². The van der Waals surface area contributed by atoms with E-state index in [-0.39, 0.29) is 32.3 Å². The second-order valence-electron chi connectivity index (χ2n) is 6.41. The molecule has 4 nitrogen and oxygen atoms in total. The van der Waals surface area contributed by atoms with Crippen molar-refractivity contribution in [2.75, 3.05) is 0 Å². The number of halogens is 5. The fraction of sp³-hybridized carbons (Fsp3) is 0.211. The number of alkyl halides is 3. The number of aromatic carboxylic acids is 1. The highest BCUT2D eigenvalue weighted by Crippen LogP contribution is 2.41. The van der Waals surface area contributed by atoms with Crippen LogP contribution in [0.1, 0.15) is 38.7 Å². The molecule has 0 aliphatic rings. The first-order chi connectivity index (χ1) is 12.9. The molecule has 1 atom stereocenters. The number of hydrogen-bond donors (Lipinski definition) is 2. The molecule has 0 fully saturated rings. The van der Waals surface area contributed by atoms with E-state index >= 15 is 0 Å². The molecule has 0 aliphatic heterocycles. The lowest BCUT2D eigenvalue weighted by Gasteiger charge is -2.16. The Morgan fingerprint density at radius 1 is 1.21 bits per heavy atom. The maximum Gasteiger partial charge on any atom is 0.416 e. The molecular formula is C19H14Cl2F3NO3. The molecule has 2 N–H and O–H groups in total. The van der Waals surface area contributed by atoms with Gasteiger partial charge in [0.05, 0.1) is 16.1 Å². The Balaban J connectivity index is 2.26. The van der Waals surface area contributed by atoms with Crippen molar-refractivity contribution in [2.24, 2.45) is 7.05 Å². The van der Waals surface area contributed by atoms with Crippen molar-refractivity contribution in [3.05, 3.63) is 68.3 Å². The lowest BCUT2D eigenvalue weighted by Crippen LogP contribution is -2.07. The van der Waals surface area contributed by atoms with Crippen molar-refractivity contribution in [2.45, 2.75) is 19.2 Å². The molecule has 2 aromatic carbocycles. The summed E-state index contributed by atoms with van der Waals surface area (Å²) < 4.78 is 40.9. The Morgan fingerprint density at radius 3 is 2.43 bits per heavy atom. The van der Waals surface area contributed by atoms with Gasteiger partial charge in [-0.15, -0.1) is 0 Å². The van der Waals surface area contributed by atoms with Crippen molar-refractivity contribution in [3.63, 3.8) is 0 Å². The van der Waals surface area contributed by atoms with Crippen LogP contribution < -0.4 is 0 Å². The molecule has 28 heavy (non-hydrogen) atoms. The Kier molecular flexibility index (Phi) is 5.12. The summed E-state index contributed by atoms with van der Waals surface area (Å²) in [7, 11) is 1.55. The molecule has 0 spiro atoms. The number of nitrogens with zero attached hydrogens (tertiary/aromatic N) is 1. The largest absolute Gasteiger partial charge is 0.478 e. The zero-order valence-electron chi connectivity index (χ0n) is 14.6. The third-order valence-corrected chi connectivity index (χ3v) is 5.31. The molecule has 148 valence electrons. The third-order valence-electron chi connectivity index (χ3n) is 4.57. The van der Waals surface area contributed by atoms with Gasteiger partial charge in [0.1, 0.15) is 6.10 Å². The van der Waals surface area contributed by atoms with Gasteiger partial charge in [0.2, 0.25) is 0 Å². The number of aromatic nitrogens is 1. The van der Waals surface area contributed by atoms with E-state index in [4.69, 9.17) is 23.2 Å². The highest BCUT2D eigenvalue weighted by molar-refractivity contribution is 6.38. The van der Waals surface area contributed by atoms with Crippen LogP contribution in [0.3, 0.4) is 0 Å². The van der Waals surface area contributed by atoms with Crippen LogP contribution in [0.25, 0.3) is 10.9 Å². The van der Waals surface area contributed by atoms with E-state index < -0.39 is 23.8 Å². The van der Waals surface area contributed by atoms with Crippen LogP contribution in [0.2, 0.25) is 10.0 Å². The van der Waals surface area contributed by atoms with Crippen molar-refractivity contribution in [1.29, 1.82) is 0 Å². The van der Waals surface area contributed by atoms with Crippen LogP contribution in [0.5, 0.6) is 0 Å². The zero-order valence-corrected chi connectivity index (χ0v) is 16.1. The lowest BCUT2D eigenvalue weighted by atomic mass is 9.96. The van der Waals surface area contributed by atoms with Crippen LogP contribution in [0, 0.1) is 6.92 Å².